The van der Waals surface area contributed by atoms with Crippen LogP contribution in [0.15, 0.2) is 42.5 Å². The zero-order valence-electron chi connectivity index (χ0n) is 14.8. The molecule has 2 N–H and O–H groups in total. The molecule has 25 heavy (non-hydrogen) atoms. The second-order valence-electron chi connectivity index (χ2n) is 6.48. The maximum Gasteiger partial charge on any atom is 0.323 e. The van der Waals surface area contributed by atoms with E-state index in [2.05, 4.69) is 27.7 Å². The number of carbonyl (C=O) groups excluding carboxylic acids is 1. The number of hydrogen-bond donors (Lipinski definition) is 2. The van der Waals surface area contributed by atoms with Crippen molar-refractivity contribution in [2.24, 2.45) is 0 Å². The normalized spacial score (nSPS) is 15.0. The van der Waals surface area contributed by atoms with E-state index in [1.807, 2.05) is 44.2 Å². The third kappa shape index (κ3) is 5.05. The summed E-state index contributed by atoms with van der Waals surface area (Å²) in [5.74, 6) is 0. The second-order valence-corrected chi connectivity index (χ2v) is 6.48. The van der Waals surface area contributed by atoms with Crippen LogP contribution in [0.25, 0.3) is 0 Å². The summed E-state index contributed by atoms with van der Waals surface area (Å²) in [5.41, 5.74) is 5.02. The molecule has 0 spiro atoms. The highest BCUT2D eigenvalue weighted by molar-refractivity contribution is 6.00. The lowest BCUT2D eigenvalue weighted by molar-refractivity contribution is 0.0342. The predicted octanol–water partition coefficient (Wildman–Crippen LogP) is 3.78. The Kier molecular flexibility index (Phi) is 5.68. The van der Waals surface area contributed by atoms with Gasteiger partial charge in [-0.05, 0) is 48.7 Å². The van der Waals surface area contributed by atoms with E-state index in [0.29, 0.717) is 0 Å². The zero-order valence-corrected chi connectivity index (χ0v) is 14.8. The van der Waals surface area contributed by atoms with Gasteiger partial charge in [0.1, 0.15) is 0 Å². The van der Waals surface area contributed by atoms with Crippen molar-refractivity contribution in [3.63, 3.8) is 0 Å². The largest absolute Gasteiger partial charge is 0.379 e. The van der Waals surface area contributed by atoms with Crippen LogP contribution in [0.4, 0.5) is 16.2 Å². The van der Waals surface area contributed by atoms with Gasteiger partial charge in [-0.3, -0.25) is 4.90 Å². The number of nitrogens with one attached hydrogen (secondary N) is 2. The van der Waals surface area contributed by atoms with E-state index in [9.17, 15) is 4.79 Å². The molecule has 3 rings (SSSR count). The molecule has 1 heterocycles. The van der Waals surface area contributed by atoms with Crippen molar-refractivity contribution in [1.82, 2.24) is 4.90 Å². The van der Waals surface area contributed by atoms with Crippen molar-refractivity contribution in [3.8, 4) is 0 Å². The lowest BCUT2D eigenvalue weighted by Gasteiger charge is -2.26. The molecule has 0 bridgehead atoms. The molecule has 132 valence electrons. The predicted molar refractivity (Wildman–Crippen MR) is 101 cm³/mol. The van der Waals surface area contributed by atoms with Gasteiger partial charge in [0.05, 0.1) is 13.2 Å². The van der Waals surface area contributed by atoms with Crippen molar-refractivity contribution in [2.45, 2.75) is 20.4 Å². The number of urea groups is 1. The Morgan fingerprint density at radius 3 is 2.48 bits per heavy atom. The van der Waals surface area contributed by atoms with Gasteiger partial charge in [-0.25, -0.2) is 4.79 Å². The first kappa shape index (κ1) is 17.5. The summed E-state index contributed by atoms with van der Waals surface area (Å²) in [5, 5.41) is 5.79. The molecule has 0 atom stereocenters. The van der Waals surface area contributed by atoms with Crippen LogP contribution in [0.5, 0.6) is 0 Å². The number of ether oxygens (including phenoxy) is 1. The summed E-state index contributed by atoms with van der Waals surface area (Å²) in [6.45, 7) is 8.45. The molecule has 0 saturated carbocycles. The van der Waals surface area contributed by atoms with Gasteiger partial charge in [0.15, 0.2) is 0 Å². The fourth-order valence-electron chi connectivity index (χ4n) is 2.87. The summed E-state index contributed by atoms with van der Waals surface area (Å²) in [6, 6.07) is 13.8. The van der Waals surface area contributed by atoms with Crippen LogP contribution in [0.3, 0.4) is 0 Å². The molecule has 1 fully saturated rings. The number of hydrogen-bond acceptors (Lipinski definition) is 3. The highest BCUT2D eigenvalue weighted by Gasteiger charge is 2.11. The number of rotatable bonds is 4. The van der Waals surface area contributed by atoms with Crippen molar-refractivity contribution in [2.75, 3.05) is 36.9 Å². The van der Waals surface area contributed by atoms with Crippen LogP contribution in [0, 0.1) is 13.8 Å². The quantitative estimate of drug-likeness (QED) is 0.891. The third-order valence-electron chi connectivity index (χ3n) is 4.36. The number of benzene rings is 2. The molecular formula is C20H25N3O2. The number of nitrogens with zero attached hydrogens (tertiary/aromatic N) is 1. The van der Waals surface area contributed by atoms with E-state index in [0.717, 1.165) is 55.3 Å². The number of aryl methyl sites for hydroxylation is 2. The van der Waals surface area contributed by atoms with Gasteiger partial charge in [-0.15, -0.1) is 0 Å². The van der Waals surface area contributed by atoms with Gasteiger partial charge in [0, 0.05) is 31.0 Å². The average molecular weight is 339 g/mol. The van der Waals surface area contributed by atoms with Crippen molar-refractivity contribution in [1.29, 1.82) is 0 Å². The molecule has 0 unspecified atom stereocenters. The lowest BCUT2D eigenvalue weighted by Crippen LogP contribution is -2.35. The maximum absolute atomic E-state index is 12.2. The van der Waals surface area contributed by atoms with E-state index < -0.39 is 0 Å². The van der Waals surface area contributed by atoms with Gasteiger partial charge in [-0.2, -0.15) is 0 Å². The Bertz CT molecular complexity index is 722. The first-order chi connectivity index (χ1) is 12.1. The van der Waals surface area contributed by atoms with E-state index in [-0.39, 0.29) is 6.03 Å². The smallest absolute Gasteiger partial charge is 0.323 e. The highest BCUT2D eigenvalue weighted by Crippen LogP contribution is 2.17. The summed E-state index contributed by atoms with van der Waals surface area (Å²) in [6.07, 6.45) is 0. The van der Waals surface area contributed by atoms with E-state index in [1.165, 1.54) is 5.56 Å². The Balaban J connectivity index is 1.55. The van der Waals surface area contributed by atoms with Crippen molar-refractivity contribution >= 4 is 17.4 Å². The monoisotopic (exact) mass is 339 g/mol. The topological polar surface area (TPSA) is 53.6 Å². The minimum Gasteiger partial charge on any atom is -0.379 e. The van der Waals surface area contributed by atoms with Gasteiger partial charge in [-0.1, -0.05) is 24.3 Å². The van der Waals surface area contributed by atoms with E-state index in [4.69, 9.17) is 4.74 Å². The van der Waals surface area contributed by atoms with E-state index >= 15 is 0 Å². The Morgan fingerprint density at radius 1 is 1.04 bits per heavy atom. The fraction of sp³-hybridized carbons (Fsp3) is 0.350. The van der Waals surface area contributed by atoms with Gasteiger partial charge in [0.25, 0.3) is 0 Å². The zero-order chi connectivity index (χ0) is 17.6. The molecule has 0 aromatic heterocycles. The summed E-state index contributed by atoms with van der Waals surface area (Å²) in [7, 11) is 0. The minimum absolute atomic E-state index is 0.227. The van der Waals surface area contributed by atoms with Gasteiger partial charge >= 0.3 is 6.03 Å². The Labute approximate surface area is 149 Å². The number of morpholine rings is 1. The molecule has 1 saturated heterocycles. The van der Waals surface area contributed by atoms with Gasteiger partial charge < -0.3 is 15.4 Å². The van der Waals surface area contributed by atoms with Crippen LogP contribution >= 0.6 is 0 Å². The molecule has 2 aromatic rings. The van der Waals surface area contributed by atoms with E-state index in [1.54, 1.807) is 0 Å². The SMILES string of the molecule is Cc1ccc(C)c(NC(=O)Nc2ccc(CN3CCOCC3)cc2)c1. The van der Waals surface area contributed by atoms with Crippen LogP contribution in [-0.4, -0.2) is 37.2 Å². The molecule has 1 aliphatic heterocycles. The first-order valence-corrected chi connectivity index (χ1v) is 8.64. The molecule has 1 aliphatic rings. The molecule has 5 heteroatoms. The molecule has 2 aromatic carbocycles. The molecule has 5 nitrogen and oxygen atoms in total. The maximum atomic E-state index is 12.2. The van der Waals surface area contributed by atoms with Crippen LogP contribution in [0.2, 0.25) is 0 Å². The molecule has 0 radical (unpaired) electrons. The Morgan fingerprint density at radius 2 is 1.76 bits per heavy atom. The summed E-state index contributed by atoms with van der Waals surface area (Å²) < 4.78 is 5.37. The van der Waals surface area contributed by atoms with Crippen molar-refractivity contribution in [3.05, 3.63) is 59.2 Å². The standard InChI is InChI=1S/C20H25N3O2/c1-15-3-4-16(2)19(13-15)22-20(24)21-18-7-5-17(6-8-18)14-23-9-11-25-12-10-23/h3-8,13H,9-12,14H2,1-2H3,(H2,21,22,24). The first-order valence-electron chi connectivity index (χ1n) is 8.64. The second kappa shape index (κ2) is 8.14. The summed E-state index contributed by atoms with van der Waals surface area (Å²) in [4.78, 5) is 14.6. The molecular weight excluding hydrogens is 314 g/mol. The average Bonchev–Trinajstić information content (AvgIpc) is 2.61. The van der Waals surface area contributed by atoms with Gasteiger partial charge in [0.2, 0.25) is 0 Å². The van der Waals surface area contributed by atoms with Crippen molar-refractivity contribution < 1.29 is 9.53 Å². The lowest BCUT2D eigenvalue weighted by atomic mass is 10.1. The van der Waals surface area contributed by atoms with Crippen LogP contribution in [-0.2, 0) is 11.3 Å². The van der Waals surface area contributed by atoms with Crippen LogP contribution in [0.1, 0.15) is 16.7 Å². The number of carbonyl (C=O) groups is 1. The number of anilines is 2. The number of amides is 2. The molecule has 2 amide bonds. The fourth-order valence-corrected chi connectivity index (χ4v) is 2.87. The minimum atomic E-state index is -0.227. The molecule has 0 aliphatic carbocycles. The Hall–Kier alpha value is -2.37. The third-order valence-corrected chi connectivity index (χ3v) is 4.36. The summed E-state index contributed by atoms with van der Waals surface area (Å²) >= 11 is 0. The van der Waals surface area contributed by atoms with Crippen LogP contribution < -0.4 is 10.6 Å². The highest BCUT2D eigenvalue weighted by atomic mass is 16.5.